The second kappa shape index (κ2) is 6.98. The molecule has 3 atom stereocenters. The van der Waals surface area contributed by atoms with Crippen LogP contribution in [0.2, 0.25) is 0 Å². The second-order valence-electron chi connectivity index (χ2n) is 7.25. The largest absolute Gasteiger partial charge is 0.465 e. The van der Waals surface area contributed by atoms with Gasteiger partial charge in [0.2, 0.25) is 0 Å². The molecule has 1 aromatic rings. The summed E-state index contributed by atoms with van der Waals surface area (Å²) in [5.41, 5.74) is 1.65. The quantitative estimate of drug-likeness (QED) is 0.465. The van der Waals surface area contributed by atoms with Gasteiger partial charge in [-0.15, -0.1) is 0 Å². The lowest BCUT2D eigenvalue weighted by atomic mass is 9.72. The Balaban J connectivity index is 2.39. The molecule has 136 valence electrons. The first kappa shape index (κ1) is 19.2. The molecule has 0 unspecified atom stereocenters. The molecule has 2 rings (SSSR count). The van der Waals surface area contributed by atoms with Crippen LogP contribution in [0.15, 0.2) is 18.2 Å². The predicted molar refractivity (Wildman–Crippen MR) is 93.2 cm³/mol. The lowest BCUT2D eigenvalue weighted by molar-refractivity contribution is -0.157. The molecule has 0 radical (unpaired) electrons. The van der Waals surface area contributed by atoms with E-state index in [1.54, 1.807) is 33.8 Å². The summed E-state index contributed by atoms with van der Waals surface area (Å²) in [7, 11) is 0. The van der Waals surface area contributed by atoms with E-state index >= 15 is 0 Å². The molecule has 1 saturated heterocycles. The van der Waals surface area contributed by atoms with Crippen LogP contribution in [-0.2, 0) is 19.1 Å². The number of ether oxygens (including phenoxy) is 2. The van der Waals surface area contributed by atoms with Gasteiger partial charge in [0.25, 0.3) is 0 Å². The molecule has 0 saturated carbocycles. The van der Waals surface area contributed by atoms with Gasteiger partial charge >= 0.3 is 11.9 Å². The Kier molecular flexibility index (Phi) is 5.35. The highest BCUT2D eigenvalue weighted by molar-refractivity contribution is 6.02. The summed E-state index contributed by atoms with van der Waals surface area (Å²) in [6, 6.07) is 5.63. The van der Waals surface area contributed by atoms with Crippen molar-refractivity contribution in [1.82, 2.24) is 0 Å². The maximum absolute atomic E-state index is 13.1. The van der Waals surface area contributed by atoms with Crippen LogP contribution in [0.4, 0.5) is 0 Å². The van der Waals surface area contributed by atoms with E-state index in [0.717, 1.165) is 11.1 Å². The highest BCUT2D eigenvalue weighted by atomic mass is 16.6. The molecular weight excluding hydrogens is 320 g/mol. The van der Waals surface area contributed by atoms with Crippen molar-refractivity contribution in [2.75, 3.05) is 6.61 Å². The molecule has 1 aromatic carbocycles. The van der Waals surface area contributed by atoms with Crippen LogP contribution >= 0.6 is 0 Å². The molecule has 0 bridgehead atoms. The van der Waals surface area contributed by atoms with Crippen molar-refractivity contribution >= 4 is 17.7 Å². The molecule has 0 aliphatic carbocycles. The van der Waals surface area contributed by atoms with Gasteiger partial charge in [-0.2, -0.15) is 0 Å². The number of ketones is 1. The smallest absolute Gasteiger partial charge is 0.321 e. The van der Waals surface area contributed by atoms with Crippen LogP contribution in [0, 0.1) is 31.6 Å². The molecule has 1 heterocycles. The second-order valence-corrected chi connectivity index (χ2v) is 7.25. The van der Waals surface area contributed by atoms with E-state index in [1.165, 1.54) is 0 Å². The van der Waals surface area contributed by atoms with Crippen LogP contribution in [0.25, 0.3) is 0 Å². The van der Waals surface area contributed by atoms with E-state index in [4.69, 9.17) is 9.47 Å². The van der Waals surface area contributed by atoms with Crippen LogP contribution in [0.5, 0.6) is 0 Å². The molecule has 0 spiro atoms. The van der Waals surface area contributed by atoms with E-state index < -0.39 is 35.3 Å². The third kappa shape index (κ3) is 3.60. The van der Waals surface area contributed by atoms with Gasteiger partial charge in [-0.3, -0.25) is 14.4 Å². The Bertz CT molecular complexity index is 704. The van der Waals surface area contributed by atoms with Gasteiger partial charge in [-0.05, 0) is 40.2 Å². The molecule has 0 aromatic heterocycles. The van der Waals surface area contributed by atoms with Crippen LogP contribution < -0.4 is 0 Å². The Morgan fingerprint density at radius 1 is 1.28 bits per heavy atom. The number of hydrogen-bond acceptors (Lipinski definition) is 5. The summed E-state index contributed by atoms with van der Waals surface area (Å²) in [6.45, 7) is 10.9. The van der Waals surface area contributed by atoms with Crippen molar-refractivity contribution in [2.24, 2.45) is 17.8 Å². The maximum Gasteiger partial charge on any atom is 0.321 e. The van der Waals surface area contributed by atoms with Crippen molar-refractivity contribution in [1.29, 1.82) is 0 Å². The lowest BCUT2D eigenvalue weighted by Gasteiger charge is -2.31. The SMILES string of the molecule is CCOC(=O)[C@@H]1C(=O)OC(C)(C)[C@H]1[C@@H](C)C(=O)c1ccc(C)cc1C. The van der Waals surface area contributed by atoms with E-state index in [0.29, 0.717) is 5.56 Å². The number of esters is 2. The molecule has 0 N–H and O–H groups in total. The zero-order chi connectivity index (χ0) is 18.9. The minimum atomic E-state index is -1.07. The highest BCUT2D eigenvalue weighted by Gasteiger charge is 2.57. The average Bonchev–Trinajstić information content (AvgIpc) is 2.75. The predicted octanol–water partition coefficient (Wildman–Crippen LogP) is 3.25. The van der Waals surface area contributed by atoms with Gasteiger partial charge in [0.1, 0.15) is 5.60 Å². The summed E-state index contributed by atoms with van der Waals surface area (Å²) < 4.78 is 10.4. The summed E-state index contributed by atoms with van der Waals surface area (Å²) in [4.78, 5) is 37.6. The summed E-state index contributed by atoms with van der Waals surface area (Å²) >= 11 is 0. The van der Waals surface area contributed by atoms with E-state index in [2.05, 4.69) is 0 Å². The van der Waals surface area contributed by atoms with Gasteiger partial charge in [0.05, 0.1) is 6.61 Å². The Morgan fingerprint density at radius 3 is 2.48 bits per heavy atom. The monoisotopic (exact) mass is 346 g/mol. The van der Waals surface area contributed by atoms with Gasteiger partial charge in [0, 0.05) is 17.4 Å². The van der Waals surface area contributed by atoms with Crippen molar-refractivity contribution in [3.63, 3.8) is 0 Å². The van der Waals surface area contributed by atoms with E-state index in [-0.39, 0.29) is 12.4 Å². The number of aryl methyl sites for hydroxylation is 2. The third-order valence-electron chi connectivity index (χ3n) is 4.92. The number of rotatable bonds is 5. The molecule has 5 nitrogen and oxygen atoms in total. The number of hydrogen-bond donors (Lipinski definition) is 0. The van der Waals surface area contributed by atoms with Gasteiger partial charge in [-0.1, -0.05) is 30.7 Å². The summed E-state index contributed by atoms with van der Waals surface area (Å²) in [6.07, 6.45) is 0. The third-order valence-corrected chi connectivity index (χ3v) is 4.92. The topological polar surface area (TPSA) is 69.7 Å². The molecule has 1 aliphatic rings. The molecule has 1 fully saturated rings. The minimum absolute atomic E-state index is 0.0943. The lowest BCUT2D eigenvalue weighted by Crippen LogP contribution is -2.41. The number of Topliss-reactive ketones (excluding diaryl/α,β-unsaturated/α-hetero) is 1. The van der Waals surface area contributed by atoms with Gasteiger partial charge in [0.15, 0.2) is 11.7 Å². The van der Waals surface area contributed by atoms with Crippen LogP contribution in [0.3, 0.4) is 0 Å². The molecular formula is C20H26O5. The normalized spacial score (nSPS) is 23.0. The Hall–Kier alpha value is -2.17. The zero-order valence-corrected chi connectivity index (χ0v) is 15.7. The first-order chi connectivity index (χ1) is 11.6. The van der Waals surface area contributed by atoms with Gasteiger partial charge < -0.3 is 9.47 Å². The minimum Gasteiger partial charge on any atom is -0.465 e. The first-order valence-corrected chi connectivity index (χ1v) is 8.61. The molecule has 0 amide bonds. The number of carbonyl (C=O) groups is 3. The average molecular weight is 346 g/mol. The number of carbonyl (C=O) groups excluding carboxylic acids is 3. The fraction of sp³-hybridized carbons (Fsp3) is 0.550. The Labute approximate surface area is 148 Å². The van der Waals surface area contributed by atoms with Crippen molar-refractivity contribution < 1.29 is 23.9 Å². The maximum atomic E-state index is 13.1. The van der Waals surface area contributed by atoms with E-state index in [9.17, 15) is 14.4 Å². The number of benzene rings is 1. The molecule has 1 aliphatic heterocycles. The fourth-order valence-corrected chi connectivity index (χ4v) is 3.80. The first-order valence-electron chi connectivity index (χ1n) is 8.61. The molecule has 5 heteroatoms. The van der Waals surface area contributed by atoms with Crippen LogP contribution in [-0.4, -0.2) is 29.9 Å². The standard InChI is InChI=1S/C20H26O5/c1-7-24-18(22)15-16(20(5,6)25-19(15)23)13(4)17(21)14-9-8-11(2)10-12(14)3/h8-10,13,15-16H,7H2,1-6H3/t13-,15-,16+/m1/s1. The van der Waals surface area contributed by atoms with Crippen LogP contribution in [0.1, 0.15) is 49.2 Å². The number of cyclic esters (lactones) is 1. The summed E-state index contributed by atoms with van der Waals surface area (Å²) in [5, 5.41) is 0. The Morgan fingerprint density at radius 2 is 1.92 bits per heavy atom. The van der Waals surface area contributed by atoms with Crippen molar-refractivity contribution in [2.45, 2.75) is 47.1 Å². The zero-order valence-electron chi connectivity index (χ0n) is 15.7. The van der Waals surface area contributed by atoms with Crippen molar-refractivity contribution in [3.05, 3.63) is 34.9 Å². The summed E-state index contributed by atoms with van der Waals surface area (Å²) in [5.74, 6) is -3.54. The molecule has 25 heavy (non-hydrogen) atoms. The highest BCUT2D eigenvalue weighted by Crippen LogP contribution is 2.43. The fourth-order valence-electron chi connectivity index (χ4n) is 3.80. The van der Waals surface area contributed by atoms with Crippen molar-refractivity contribution in [3.8, 4) is 0 Å². The van der Waals surface area contributed by atoms with Gasteiger partial charge in [-0.25, -0.2) is 0 Å². The van der Waals surface area contributed by atoms with E-state index in [1.807, 2.05) is 26.0 Å².